The molecule has 0 aliphatic carbocycles. The lowest BCUT2D eigenvalue weighted by Crippen LogP contribution is -2.18. The molecule has 114 valence electrons. The summed E-state index contributed by atoms with van der Waals surface area (Å²) in [6.07, 6.45) is 4.91. The Labute approximate surface area is 122 Å². The SMILES string of the molecule is COCCNc1nc(N)c2ncn(C3CCCCO3)c2n1. The fourth-order valence-electron chi connectivity index (χ4n) is 2.44. The normalized spacial score (nSPS) is 19.0. The van der Waals surface area contributed by atoms with E-state index in [9.17, 15) is 0 Å². The smallest absolute Gasteiger partial charge is 0.226 e. The Hall–Kier alpha value is -1.93. The van der Waals surface area contributed by atoms with Gasteiger partial charge in [0.15, 0.2) is 11.5 Å². The third-order valence-corrected chi connectivity index (χ3v) is 3.50. The Kier molecular flexibility index (Phi) is 4.16. The number of nitrogens with one attached hydrogen (secondary N) is 1. The number of nitrogen functional groups attached to an aromatic ring is 1. The van der Waals surface area contributed by atoms with Gasteiger partial charge in [0.25, 0.3) is 0 Å². The summed E-state index contributed by atoms with van der Waals surface area (Å²) in [6.45, 7) is 1.96. The van der Waals surface area contributed by atoms with Gasteiger partial charge in [-0.3, -0.25) is 4.57 Å². The zero-order chi connectivity index (χ0) is 14.7. The van der Waals surface area contributed by atoms with Crippen LogP contribution < -0.4 is 11.1 Å². The van der Waals surface area contributed by atoms with Crippen molar-refractivity contribution in [3.8, 4) is 0 Å². The van der Waals surface area contributed by atoms with E-state index in [0.717, 1.165) is 25.9 Å². The number of rotatable bonds is 5. The molecule has 21 heavy (non-hydrogen) atoms. The highest BCUT2D eigenvalue weighted by Gasteiger charge is 2.20. The number of fused-ring (bicyclic) bond motifs is 1. The second kappa shape index (κ2) is 6.23. The summed E-state index contributed by atoms with van der Waals surface area (Å²) >= 11 is 0. The van der Waals surface area contributed by atoms with Crippen molar-refractivity contribution in [2.45, 2.75) is 25.5 Å². The van der Waals surface area contributed by atoms with Gasteiger partial charge in [-0.1, -0.05) is 0 Å². The summed E-state index contributed by atoms with van der Waals surface area (Å²) in [4.78, 5) is 13.0. The van der Waals surface area contributed by atoms with Gasteiger partial charge in [0, 0.05) is 20.3 Å². The molecule has 0 saturated carbocycles. The molecule has 8 nitrogen and oxygen atoms in total. The molecule has 0 spiro atoms. The Morgan fingerprint density at radius 1 is 1.48 bits per heavy atom. The zero-order valence-electron chi connectivity index (χ0n) is 12.1. The van der Waals surface area contributed by atoms with Crippen LogP contribution in [0.15, 0.2) is 6.33 Å². The van der Waals surface area contributed by atoms with E-state index in [1.54, 1.807) is 13.4 Å². The summed E-state index contributed by atoms with van der Waals surface area (Å²) in [5.74, 6) is 0.851. The van der Waals surface area contributed by atoms with Crippen LogP contribution in [0, 0.1) is 0 Å². The molecule has 1 fully saturated rings. The predicted molar refractivity (Wildman–Crippen MR) is 78.9 cm³/mol. The second-order valence-corrected chi connectivity index (χ2v) is 5.00. The van der Waals surface area contributed by atoms with Crippen LogP contribution in [0.1, 0.15) is 25.5 Å². The average molecular weight is 292 g/mol. The van der Waals surface area contributed by atoms with Crippen molar-refractivity contribution in [2.24, 2.45) is 0 Å². The van der Waals surface area contributed by atoms with Gasteiger partial charge in [0.1, 0.15) is 11.7 Å². The number of anilines is 2. The lowest BCUT2D eigenvalue weighted by Gasteiger charge is -2.23. The molecule has 8 heteroatoms. The fraction of sp³-hybridized carbons (Fsp3) is 0.615. The quantitative estimate of drug-likeness (QED) is 0.798. The Morgan fingerprint density at radius 2 is 2.38 bits per heavy atom. The number of nitrogens with two attached hydrogens (primary N) is 1. The van der Waals surface area contributed by atoms with E-state index in [-0.39, 0.29) is 6.23 Å². The molecule has 1 saturated heterocycles. The van der Waals surface area contributed by atoms with Crippen molar-refractivity contribution in [1.29, 1.82) is 0 Å². The summed E-state index contributed by atoms with van der Waals surface area (Å²) in [5.41, 5.74) is 7.28. The minimum Gasteiger partial charge on any atom is -0.383 e. The number of methoxy groups -OCH3 is 1. The average Bonchev–Trinajstić information content (AvgIpc) is 2.93. The van der Waals surface area contributed by atoms with Crippen LogP contribution in [-0.4, -0.2) is 46.4 Å². The summed E-state index contributed by atoms with van der Waals surface area (Å²) in [5, 5.41) is 3.09. The highest BCUT2D eigenvalue weighted by atomic mass is 16.5. The standard InChI is InChI=1S/C13H20N6O2/c1-20-7-5-15-13-17-11(14)10-12(18-13)19(8-16-10)9-4-2-3-6-21-9/h8-9H,2-7H2,1H3,(H3,14,15,17,18). The first-order chi connectivity index (χ1) is 10.3. The van der Waals surface area contributed by atoms with Gasteiger partial charge in [0.05, 0.1) is 12.9 Å². The van der Waals surface area contributed by atoms with E-state index in [2.05, 4.69) is 20.3 Å². The number of ether oxygens (including phenoxy) is 2. The lowest BCUT2D eigenvalue weighted by atomic mass is 10.2. The van der Waals surface area contributed by atoms with Crippen LogP contribution >= 0.6 is 0 Å². The predicted octanol–water partition coefficient (Wildman–Crippen LogP) is 1.17. The maximum atomic E-state index is 5.97. The second-order valence-electron chi connectivity index (χ2n) is 5.00. The van der Waals surface area contributed by atoms with Crippen LogP contribution in [0.3, 0.4) is 0 Å². The molecule has 3 N–H and O–H groups in total. The third-order valence-electron chi connectivity index (χ3n) is 3.50. The van der Waals surface area contributed by atoms with Gasteiger partial charge in [-0.25, -0.2) is 4.98 Å². The molecule has 1 atom stereocenters. The molecular weight excluding hydrogens is 272 g/mol. The summed E-state index contributed by atoms with van der Waals surface area (Å²) < 4.78 is 12.7. The van der Waals surface area contributed by atoms with Crippen LogP contribution in [0.25, 0.3) is 11.2 Å². The number of nitrogens with zero attached hydrogens (tertiary/aromatic N) is 4. The van der Waals surface area contributed by atoms with Crippen molar-refractivity contribution in [3.63, 3.8) is 0 Å². The first-order valence-electron chi connectivity index (χ1n) is 7.14. The van der Waals surface area contributed by atoms with Gasteiger partial charge < -0.3 is 20.5 Å². The number of hydrogen-bond donors (Lipinski definition) is 2. The molecule has 0 amide bonds. The van der Waals surface area contributed by atoms with Crippen molar-refractivity contribution in [3.05, 3.63) is 6.33 Å². The molecule has 0 radical (unpaired) electrons. The number of imidazole rings is 1. The van der Waals surface area contributed by atoms with Gasteiger partial charge >= 0.3 is 0 Å². The Bertz CT molecular complexity index is 608. The number of hydrogen-bond acceptors (Lipinski definition) is 7. The minimum absolute atomic E-state index is 0.0233. The zero-order valence-corrected chi connectivity index (χ0v) is 12.1. The first-order valence-corrected chi connectivity index (χ1v) is 7.14. The molecule has 2 aromatic rings. The van der Waals surface area contributed by atoms with Gasteiger partial charge in [-0.15, -0.1) is 0 Å². The Morgan fingerprint density at radius 3 is 3.14 bits per heavy atom. The van der Waals surface area contributed by atoms with Crippen LogP contribution in [0.4, 0.5) is 11.8 Å². The molecule has 0 aromatic carbocycles. The maximum absolute atomic E-state index is 5.97. The molecule has 0 bridgehead atoms. The number of aromatic nitrogens is 4. The molecule has 1 unspecified atom stereocenters. The van der Waals surface area contributed by atoms with E-state index in [0.29, 0.717) is 36.1 Å². The van der Waals surface area contributed by atoms with E-state index in [1.807, 2.05) is 4.57 Å². The van der Waals surface area contributed by atoms with Crippen molar-refractivity contribution in [2.75, 3.05) is 37.9 Å². The maximum Gasteiger partial charge on any atom is 0.226 e. The van der Waals surface area contributed by atoms with E-state index in [1.165, 1.54) is 0 Å². The molecule has 1 aliphatic rings. The molecule has 2 aromatic heterocycles. The first kappa shape index (κ1) is 14.0. The van der Waals surface area contributed by atoms with E-state index >= 15 is 0 Å². The van der Waals surface area contributed by atoms with Crippen LogP contribution in [0.2, 0.25) is 0 Å². The van der Waals surface area contributed by atoms with Crippen LogP contribution in [-0.2, 0) is 9.47 Å². The van der Waals surface area contributed by atoms with Crippen molar-refractivity contribution >= 4 is 22.9 Å². The molecule has 3 rings (SSSR count). The highest BCUT2D eigenvalue weighted by Crippen LogP contribution is 2.27. The monoisotopic (exact) mass is 292 g/mol. The van der Waals surface area contributed by atoms with Crippen molar-refractivity contribution < 1.29 is 9.47 Å². The van der Waals surface area contributed by atoms with Gasteiger partial charge in [0.2, 0.25) is 5.95 Å². The summed E-state index contributed by atoms with van der Waals surface area (Å²) in [7, 11) is 1.65. The Balaban J connectivity index is 1.90. The van der Waals surface area contributed by atoms with Crippen molar-refractivity contribution in [1.82, 2.24) is 19.5 Å². The van der Waals surface area contributed by atoms with E-state index < -0.39 is 0 Å². The lowest BCUT2D eigenvalue weighted by molar-refractivity contribution is -0.0298. The fourth-order valence-corrected chi connectivity index (χ4v) is 2.44. The topological polar surface area (TPSA) is 100 Å². The minimum atomic E-state index is -0.0233. The largest absolute Gasteiger partial charge is 0.383 e. The van der Waals surface area contributed by atoms with Gasteiger partial charge in [-0.2, -0.15) is 9.97 Å². The van der Waals surface area contributed by atoms with Crippen LogP contribution in [0.5, 0.6) is 0 Å². The summed E-state index contributed by atoms with van der Waals surface area (Å²) in [6, 6.07) is 0. The molecular formula is C13H20N6O2. The molecule has 3 heterocycles. The highest BCUT2D eigenvalue weighted by molar-refractivity contribution is 5.82. The molecule has 1 aliphatic heterocycles. The van der Waals surface area contributed by atoms with E-state index in [4.69, 9.17) is 15.2 Å². The third kappa shape index (κ3) is 2.91. The van der Waals surface area contributed by atoms with Gasteiger partial charge in [-0.05, 0) is 19.3 Å².